The van der Waals surface area contributed by atoms with Crippen LogP contribution in [0.15, 0.2) is 84.9 Å². The second-order valence-electron chi connectivity index (χ2n) is 22.7. The van der Waals surface area contributed by atoms with Crippen LogP contribution in [-0.4, -0.2) is 294 Å². The summed E-state index contributed by atoms with van der Waals surface area (Å²) in [6.07, 6.45) is -46.4. The van der Waals surface area contributed by atoms with Gasteiger partial charge in [0.15, 0.2) is 43.5 Å². The third-order valence-corrected chi connectivity index (χ3v) is 15.9. The molecule has 3 aromatic carbocycles. The number of phenols is 2. The fourth-order valence-electron chi connectivity index (χ4n) is 10.9. The highest BCUT2D eigenvalue weighted by Gasteiger charge is 2.65. The standard InChI is InChI=1S/C62H76O35/c1-27(67)83-24-39-51(86-29(3)69)53(92-58-48(79)46(77)43(74)36(21-64)87-58)50(81)60(89-39)93-54-52(91-42(73)18-13-31-11-16-35(71)33(19-31)20-63)40(25-84-28(2)68)90-61(55(54)94-59-49(80)47(78)44(75)37(22-65)88-59)97-62(26-85-41(72)17-12-30-9-14-34(70)15-10-30)56(45(76)38(23-66)96-62)95-57(82)32-7-5-4-6-8-32/h4-19,36-40,43-56,58-61,63-66,70-71,74-81H,20-26H2,1-3H3. The van der Waals surface area contributed by atoms with E-state index in [4.69, 9.17) is 71.1 Å². The highest BCUT2D eigenvalue weighted by Crippen LogP contribution is 2.43. The van der Waals surface area contributed by atoms with Gasteiger partial charge >= 0.3 is 35.8 Å². The highest BCUT2D eigenvalue weighted by atomic mass is 16.8. The SMILES string of the molecule is CC(=O)OCC1OC(OC2C(OC(=O)C=Cc3ccc(O)c(CO)c3)C(COC(C)=O)OC(OC3(COC(=O)C=Cc4ccc(O)cc4)OC(CO)C(O)C3OC(=O)c3ccccc3)C2OC2OC(CO)C(O)C(O)C2O)C(O)C(OC2OC(CO)C(O)C(O)C2O)C1OC(C)=O. The largest absolute Gasteiger partial charge is 0.508 e. The number of carbonyl (C=O) groups is 6. The number of benzene rings is 3. The van der Waals surface area contributed by atoms with Crippen molar-refractivity contribution in [2.24, 2.45) is 0 Å². The number of phenolic OH excluding ortho intramolecular Hbond substituents is 1. The fraction of sp³-hybridized carbons (Fsp3) is 0.548. The van der Waals surface area contributed by atoms with Crippen LogP contribution in [0.3, 0.4) is 0 Å². The smallest absolute Gasteiger partial charge is 0.338 e. The zero-order valence-corrected chi connectivity index (χ0v) is 51.8. The molecule has 5 aliphatic heterocycles. The normalized spacial score (nSPS) is 35.2. The van der Waals surface area contributed by atoms with E-state index >= 15 is 0 Å². The zero-order chi connectivity index (χ0) is 70.6. The summed E-state index contributed by atoms with van der Waals surface area (Å²) in [5, 5.41) is 153. The minimum atomic E-state index is -3.04. The summed E-state index contributed by atoms with van der Waals surface area (Å²) in [5.74, 6) is -10.5. The van der Waals surface area contributed by atoms with E-state index in [9.17, 15) is 100 Å². The van der Waals surface area contributed by atoms with Gasteiger partial charge in [0.1, 0.15) is 129 Å². The van der Waals surface area contributed by atoms with E-state index in [1.807, 2.05) is 0 Å². The van der Waals surface area contributed by atoms with E-state index in [2.05, 4.69) is 0 Å². The molecule has 14 N–H and O–H groups in total. The molecule has 5 saturated heterocycles. The molecule has 0 spiro atoms. The molecule has 0 saturated carbocycles. The van der Waals surface area contributed by atoms with Gasteiger partial charge in [0.2, 0.25) is 5.79 Å². The Bertz CT molecular complexity index is 3180. The molecule has 3 aromatic rings. The van der Waals surface area contributed by atoms with E-state index in [0.717, 1.165) is 39.0 Å². The number of esters is 6. The van der Waals surface area contributed by atoms with Crippen molar-refractivity contribution in [3.8, 4) is 11.5 Å². The van der Waals surface area contributed by atoms with Crippen LogP contribution < -0.4 is 0 Å². The third-order valence-electron chi connectivity index (χ3n) is 15.9. The molecule has 5 aliphatic rings. The van der Waals surface area contributed by atoms with Crippen LogP contribution in [0.4, 0.5) is 0 Å². The number of aliphatic hydroxyl groups excluding tert-OH is 12. The van der Waals surface area contributed by atoms with Gasteiger partial charge in [-0.1, -0.05) is 36.4 Å². The van der Waals surface area contributed by atoms with Gasteiger partial charge in [0.25, 0.3) is 0 Å². The predicted octanol–water partition coefficient (Wildman–Crippen LogP) is -4.91. The predicted molar refractivity (Wildman–Crippen MR) is 313 cm³/mol. The van der Waals surface area contributed by atoms with Crippen molar-refractivity contribution in [1.29, 1.82) is 0 Å². The molecule has 0 bridgehead atoms. The van der Waals surface area contributed by atoms with Crippen molar-refractivity contribution < 1.29 is 171 Å². The molecule has 0 aromatic heterocycles. The maximum absolute atomic E-state index is 14.5. The molecular weight excluding hydrogens is 1300 g/mol. The van der Waals surface area contributed by atoms with E-state index in [0.29, 0.717) is 5.56 Å². The number of hydrogen-bond donors (Lipinski definition) is 14. The Hall–Kier alpha value is -7.28. The van der Waals surface area contributed by atoms with Crippen molar-refractivity contribution in [1.82, 2.24) is 0 Å². The monoisotopic (exact) mass is 1380 g/mol. The molecule has 24 atom stereocenters. The Labute approximate surface area is 550 Å². The summed E-state index contributed by atoms with van der Waals surface area (Å²) in [4.78, 5) is 80.9. The Morgan fingerprint density at radius 1 is 0.474 bits per heavy atom. The first-order valence-electron chi connectivity index (χ1n) is 30.1. The van der Waals surface area contributed by atoms with Gasteiger partial charge in [-0.3, -0.25) is 14.4 Å². The lowest BCUT2D eigenvalue weighted by atomic mass is 9.95. The Morgan fingerprint density at radius 3 is 1.54 bits per heavy atom. The van der Waals surface area contributed by atoms with Crippen molar-refractivity contribution in [3.05, 3.63) is 107 Å². The Morgan fingerprint density at radius 2 is 0.979 bits per heavy atom. The molecule has 5 fully saturated rings. The van der Waals surface area contributed by atoms with Crippen molar-refractivity contribution in [2.75, 3.05) is 39.6 Å². The minimum Gasteiger partial charge on any atom is -0.508 e. The second kappa shape index (κ2) is 34.0. The summed E-state index contributed by atoms with van der Waals surface area (Å²) in [6.45, 7) is -4.44. The number of carbonyl (C=O) groups excluding carboxylic acids is 6. The quantitative estimate of drug-likeness (QED) is 0.0203. The molecular formula is C62H76O35. The minimum absolute atomic E-state index is 0.00683. The van der Waals surface area contributed by atoms with Crippen LogP contribution in [-0.2, 0) is 102 Å². The number of aromatic hydroxyl groups is 2. The van der Waals surface area contributed by atoms with Gasteiger partial charge < -0.3 is 143 Å². The molecule has 24 unspecified atom stereocenters. The van der Waals surface area contributed by atoms with Crippen LogP contribution in [0.2, 0.25) is 0 Å². The lowest BCUT2D eigenvalue weighted by Gasteiger charge is -2.51. The topological polar surface area (TPSA) is 524 Å². The molecule has 8 rings (SSSR count). The van der Waals surface area contributed by atoms with Crippen molar-refractivity contribution in [2.45, 2.75) is 174 Å². The molecule has 5 heterocycles. The van der Waals surface area contributed by atoms with Gasteiger partial charge in [-0.25, -0.2) is 14.4 Å². The first kappa shape index (κ1) is 75.5. The van der Waals surface area contributed by atoms with Crippen LogP contribution in [0, 0.1) is 0 Å². The summed E-state index contributed by atoms with van der Waals surface area (Å²) in [7, 11) is 0. The summed E-state index contributed by atoms with van der Waals surface area (Å²) < 4.78 is 90.1. The maximum Gasteiger partial charge on any atom is 0.338 e. The van der Waals surface area contributed by atoms with Crippen LogP contribution in [0.5, 0.6) is 11.5 Å². The van der Waals surface area contributed by atoms with Crippen molar-refractivity contribution in [3.63, 3.8) is 0 Å². The lowest BCUT2D eigenvalue weighted by Crippen LogP contribution is -2.70. The van der Waals surface area contributed by atoms with Crippen LogP contribution in [0.1, 0.15) is 47.8 Å². The molecule has 0 aliphatic carbocycles. The average Bonchev–Trinajstić information content (AvgIpc) is 1.73. The van der Waals surface area contributed by atoms with Crippen LogP contribution in [0.25, 0.3) is 12.2 Å². The Kier molecular flexibility index (Phi) is 26.5. The van der Waals surface area contributed by atoms with E-state index in [1.165, 1.54) is 72.8 Å². The third kappa shape index (κ3) is 18.5. The van der Waals surface area contributed by atoms with Crippen LogP contribution >= 0.6 is 0 Å². The highest BCUT2D eigenvalue weighted by molar-refractivity contribution is 5.90. The second-order valence-corrected chi connectivity index (χ2v) is 22.7. The molecule has 0 amide bonds. The zero-order valence-electron chi connectivity index (χ0n) is 51.8. The molecule has 534 valence electrons. The maximum atomic E-state index is 14.5. The van der Waals surface area contributed by atoms with Gasteiger partial charge in [-0.05, 0) is 59.7 Å². The van der Waals surface area contributed by atoms with E-state index in [-0.39, 0.29) is 28.2 Å². The van der Waals surface area contributed by atoms with Crippen molar-refractivity contribution >= 4 is 48.0 Å². The van der Waals surface area contributed by atoms with E-state index < -0.39 is 229 Å². The summed E-state index contributed by atoms with van der Waals surface area (Å²) in [6, 6.07) is 16.2. The number of aliphatic hydroxyl groups is 12. The molecule has 97 heavy (non-hydrogen) atoms. The number of hydrogen-bond acceptors (Lipinski definition) is 35. The molecule has 0 radical (unpaired) electrons. The average molecular weight is 1380 g/mol. The molecule has 35 nitrogen and oxygen atoms in total. The van der Waals surface area contributed by atoms with Gasteiger partial charge in [0, 0.05) is 38.5 Å². The summed E-state index contributed by atoms with van der Waals surface area (Å²) >= 11 is 0. The first-order chi connectivity index (χ1) is 46.2. The van der Waals surface area contributed by atoms with Gasteiger partial charge in [-0.2, -0.15) is 0 Å². The lowest BCUT2D eigenvalue weighted by molar-refractivity contribution is -0.423. The van der Waals surface area contributed by atoms with Gasteiger partial charge in [-0.15, -0.1) is 0 Å². The fourth-order valence-corrected chi connectivity index (χ4v) is 10.9. The first-order valence-corrected chi connectivity index (χ1v) is 30.1. The van der Waals surface area contributed by atoms with E-state index in [1.54, 1.807) is 6.07 Å². The number of ether oxygens (including phenoxy) is 15. The Balaban J connectivity index is 1.33. The van der Waals surface area contributed by atoms with Gasteiger partial charge in [0.05, 0.1) is 32.0 Å². The number of rotatable bonds is 26. The molecule has 35 heteroatoms. The summed E-state index contributed by atoms with van der Waals surface area (Å²) in [5.41, 5.74) is 0.345.